The van der Waals surface area contributed by atoms with Crippen LogP contribution in [-0.4, -0.2) is 34.7 Å². The summed E-state index contributed by atoms with van der Waals surface area (Å²) in [6.07, 6.45) is 0.771. The molecule has 3 amide bonds. The number of hydrogen-bond donors (Lipinski definition) is 2. The first-order chi connectivity index (χ1) is 11.3. The molecule has 1 aromatic carbocycles. The molecular formula is C18H25N3O3. The summed E-state index contributed by atoms with van der Waals surface area (Å²) in [6.45, 7) is 7.32. The summed E-state index contributed by atoms with van der Waals surface area (Å²) in [5.74, 6) is -0.691. The molecule has 6 nitrogen and oxygen atoms in total. The summed E-state index contributed by atoms with van der Waals surface area (Å²) in [7, 11) is 0. The maximum absolute atomic E-state index is 12.9. The minimum atomic E-state index is -0.674. The molecule has 24 heavy (non-hydrogen) atoms. The van der Waals surface area contributed by atoms with Crippen molar-refractivity contribution in [3.8, 4) is 0 Å². The highest BCUT2D eigenvalue weighted by Gasteiger charge is 2.38. The average Bonchev–Trinajstić information content (AvgIpc) is 2.68. The van der Waals surface area contributed by atoms with Crippen molar-refractivity contribution in [2.45, 2.75) is 52.7 Å². The Bertz CT molecular complexity index is 644. The Kier molecular flexibility index (Phi) is 5.59. The Morgan fingerprint density at radius 3 is 2.62 bits per heavy atom. The molecule has 0 fully saturated rings. The van der Waals surface area contributed by atoms with Gasteiger partial charge in [-0.2, -0.15) is 0 Å². The molecule has 2 N–H and O–H groups in total. The van der Waals surface area contributed by atoms with Crippen molar-refractivity contribution in [2.75, 3.05) is 5.32 Å². The Morgan fingerprint density at radius 2 is 2.00 bits per heavy atom. The van der Waals surface area contributed by atoms with Crippen LogP contribution in [0.5, 0.6) is 0 Å². The van der Waals surface area contributed by atoms with Crippen LogP contribution in [0.4, 0.5) is 5.69 Å². The third-order valence-electron chi connectivity index (χ3n) is 4.48. The fourth-order valence-corrected chi connectivity index (χ4v) is 3.03. The minimum Gasteiger partial charge on any atom is -0.345 e. The van der Waals surface area contributed by atoms with Crippen LogP contribution in [0.1, 0.15) is 39.7 Å². The second-order valence-electron chi connectivity index (χ2n) is 6.37. The average molecular weight is 331 g/mol. The molecule has 1 aliphatic heterocycles. The first kappa shape index (κ1) is 18.0. The molecule has 0 saturated heterocycles. The van der Waals surface area contributed by atoms with Gasteiger partial charge in [-0.05, 0) is 24.5 Å². The molecule has 130 valence electrons. The number of fused-ring (bicyclic) bond motifs is 1. The van der Waals surface area contributed by atoms with Crippen LogP contribution in [0.3, 0.4) is 0 Å². The highest BCUT2D eigenvalue weighted by molar-refractivity contribution is 6.00. The molecule has 1 aliphatic rings. The molecule has 0 radical (unpaired) electrons. The number of nitrogens with zero attached hydrogens (tertiary/aromatic N) is 1. The first-order valence-corrected chi connectivity index (χ1v) is 8.31. The van der Waals surface area contributed by atoms with Crippen LogP contribution in [0.25, 0.3) is 0 Å². The molecule has 0 saturated carbocycles. The van der Waals surface area contributed by atoms with Crippen molar-refractivity contribution >= 4 is 23.4 Å². The summed E-state index contributed by atoms with van der Waals surface area (Å²) >= 11 is 0. The van der Waals surface area contributed by atoms with Gasteiger partial charge in [0.25, 0.3) is 0 Å². The number of carbonyl (C=O) groups excluding carboxylic acids is 3. The van der Waals surface area contributed by atoms with Crippen LogP contribution in [0, 0.1) is 5.92 Å². The highest BCUT2D eigenvalue weighted by atomic mass is 16.2. The molecule has 0 spiro atoms. The van der Waals surface area contributed by atoms with Crippen LogP contribution in [-0.2, 0) is 20.9 Å². The first-order valence-electron chi connectivity index (χ1n) is 8.31. The molecule has 1 heterocycles. The van der Waals surface area contributed by atoms with Gasteiger partial charge in [0.2, 0.25) is 17.7 Å². The van der Waals surface area contributed by atoms with Gasteiger partial charge in [-0.3, -0.25) is 14.4 Å². The van der Waals surface area contributed by atoms with Gasteiger partial charge in [0.05, 0.1) is 0 Å². The predicted molar refractivity (Wildman–Crippen MR) is 92.1 cm³/mol. The van der Waals surface area contributed by atoms with Crippen molar-refractivity contribution in [1.82, 2.24) is 10.2 Å². The predicted octanol–water partition coefficient (Wildman–Crippen LogP) is 1.91. The van der Waals surface area contributed by atoms with Crippen molar-refractivity contribution in [2.24, 2.45) is 5.92 Å². The zero-order chi connectivity index (χ0) is 17.9. The van der Waals surface area contributed by atoms with Gasteiger partial charge in [0.15, 0.2) is 0 Å². The molecule has 1 aromatic rings. The molecule has 0 aromatic heterocycles. The van der Waals surface area contributed by atoms with E-state index in [1.807, 2.05) is 38.1 Å². The van der Waals surface area contributed by atoms with E-state index in [2.05, 4.69) is 10.6 Å². The number of anilines is 1. The summed E-state index contributed by atoms with van der Waals surface area (Å²) in [6, 6.07) is 6.24. The van der Waals surface area contributed by atoms with Gasteiger partial charge in [0.1, 0.15) is 12.1 Å². The van der Waals surface area contributed by atoms with Crippen LogP contribution >= 0.6 is 0 Å². The number of amides is 3. The molecular weight excluding hydrogens is 306 g/mol. The molecule has 2 rings (SSSR count). The Hall–Kier alpha value is -2.37. The van der Waals surface area contributed by atoms with E-state index in [0.717, 1.165) is 17.7 Å². The maximum atomic E-state index is 12.9. The van der Waals surface area contributed by atoms with Crippen molar-refractivity contribution in [1.29, 1.82) is 0 Å². The topological polar surface area (TPSA) is 78.5 Å². The second-order valence-corrected chi connectivity index (χ2v) is 6.37. The number of para-hydroxylation sites is 1. The minimum absolute atomic E-state index is 0.00721. The number of nitrogens with one attached hydrogen (secondary N) is 2. The fraction of sp³-hybridized carbons (Fsp3) is 0.500. The number of carbonyl (C=O) groups is 3. The third-order valence-corrected chi connectivity index (χ3v) is 4.48. The lowest BCUT2D eigenvalue weighted by molar-refractivity contribution is -0.143. The van der Waals surface area contributed by atoms with Crippen LogP contribution in [0.15, 0.2) is 24.3 Å². The maximum Gasteiger partial charge on any atom is 0.247 e. The highest BCUT2D eigenvalue weighted by Crippen LogP contribution is 2.27. The van der Waals surface area contributed by atoms with E-state index in [1.54, 1.807) is 11.8 Å². The summed E-state index contributed by atoms with van der Waals surface area (Å²) in [4.78, 5) is 38.5. The quantitative estimate of drug-likeness (QED) is 0.884. The fourth-order valence-electron chi connectivity index (χ4n) is 3.03. The van der Waals surface area contributed by atoms with Gasteiger partial charge in [0, 0.05) is 19.2 Å². The van der Waals surface area contributed by atoms with E-state index in [0.29, 0.717) is 6.54 Å². The SMILES string of the molecule is CCC(C)C1C(=O)Nc2ccccc2CN1C(=O)C(C)NC(C)=O. The molecule has 3 unspecified atom stereocenters. The largest absolute Gasteiger partial charge is 0.345 e. The van der Waals surface area contributed by atoms with E-state index in [-0.39, 0.29) is 23.6 Å². The Labute approximate surface area is 142 Å². The zero-order valence-corrected chi connectivity index (χ0v) is 14.6. The van der Waals surface area contributed by atoms with E-state index >= 15 is 0 Å². The molecule has 3 atom stereocenters. The van der Waals surface area contributed by atoms with E-state index in [9.17, 15) is 14.4 Å². The molecule has 6 heteroatoms. The third kappa shape index (κ3) is 3.75. The second kappa shape index (κ2) is 7.47. The Morgan fingerprint density at radius 1 is 1.33 bits per heavy atom. The van der Waals surface area contributed by atoms with E-state index in [4.69, 9.17) is 0 Å². The lowest BCUT2D eigenvalue weighted by Crippen LogP contribution is -2.54. The van der Waals surface area contributed by atoms with Crippen molar-refractivity contribution in [3.63, 3.8) is 0 Å². The Balaban J connectivity index is 2.40. The number of hydrogen-bond acceptors (Lipinski definition) is 3. The smallest absolute Gasteiger partial charge is 0.247 e. The van der Waals surface area contributed by atoms with E-state index < -0.39 is 12.1 Å². The van der Waals surface area contributed by atoms with E-state index in [1.165, 1.54) is 6.92 Å². The van der Waals surface area contributed by atoms with Gasteiger partial charge < -0.3 is 15.5 Å². The summed E-state index contributed by atoms with van der Waals surface area (Å²) < 4.78 is 0. The zero-order valence-electron chi connectivity index (χ0n) is 14.6. The molecule has 0 aliphatic carbocycles. The van der Waals surface area contributed by atoms with Gasteiger partial charge in [-0.15, -0.1) is 0 Å². The normalized spacial score (nSPS) is 19.6. The standard InChI is InChI=1S/C18H25N3O3/c1-5-11(2)16-17(23)20-15-9-7-6-8-14(15)10-21(16)18(24)12(3)19-13(4)22/h6-9,11-12,16H,5,10H2,1-4H3,(H,19,22)(H,20,23). The molecule has 0 bridgehead atoms. The lowest BCUT2D eigenvalue weighted by Gasteiger charge is -2.34. The van der Waals surface area contributed by atoms with Crippen molar-refractivity contribution < 1.29 is 14.4 Å². The summed E-state index contributed by atoms with van der Waals surface area (Å²) in [5, 5.41) is 5.55. The summed E-state index contributed by atoms with van der Waals surface area (Å²) in [5.41, 5.74) is 1.62. The van der Waals surface area contributed by atoms with Crippen LogP contribution < -0.4 is 10.6 Å². The lowest BCUT2D eigenvalue weighted by atomic mass is 9.96. The number of benzene rings is 1. The van der Waals surface area contributed by atoms with Gasteiger partial charge in [-0.1, -0.05) is 38.5 Å². The monoisotopic (exact) mass is 331 g/mol. The van der Waals surface area contributed by atoms with Gasteiger partial charge >= 0.3 is 0 Å². The van der Waals surface area contributed by atoms with Crippen LogP contribution in [0.2, 0.25) is 0 Å². The van der Waals surface area contributed by atoms with Crippen molar-refractivity contribution in [3.05, 3.63) is 29.8 Å². The number of rotatable bonds is 4. The van der Waals surface area contributed by atoms with Gasteiger partial charge in [-0.25, -0.2) is 0 Å².